The first-order valence-corrected chi connectivity index (χ1v) is 10.3. The molecule has 1 saturated carbocycles. The van der Waals surface area contributed by atoms with Crippen molar-refractivity contribution in [3.8, 4) is 11.5 Å². The summed E-state index contributed by atoms with van der Waals surface area (Å²) in [5.41, 5.74) is -0.243. The lowest BCUT2D eigenvalue weighted by Gasteiger charge is -2.34. The van der Waals surface area contributed by atoms with Crippen LogP contribution in [0.15, 0.2) is 49.1 Å². The van der Waals surface area contributed by atoms with E-state index in [9.17, 15) is 22.4 Å². The molecule has 3 aromatic rings. The minimum atomic E-state index is -4.45. The van der Waals surface area contributed by atoms with Crippen molar-refractivity contribution in [2.24, 2.45) is 5.92 Å². The number of pyridine rings is 2. The van der Waals surface area contributed by atoms with E-state index in [2.05, 4.69) is 25.3 Å². The van der Waals surface area contributed by atoms with E-state index in [0.717, 1.165) is 37.5 Å². The summed E-state index contributed by atoms with van der Waals surface area (Å²) in [5, 5.41) is 3.19. The third-order valence-electron chi connectivity index (χ3n) is 6.04. The molecule has 1 N–H and O–H groups in total. The first kappa shape index (κ1) is 21.2. The number of piperidine rings is 1. The molecule has 3 atom stereocenters. The molecule has 2 bridgehead atoms. The molecule has 11 heteroatoms. The zero-order valence-electron chi connectivity index (χ0n) is 17.1. The van der Waals surface area contributed by atoms with Crippen molar-refractivity contribution in [2.75, 3.05) is 11.9 Å². The number of nitrogens with zero attached hydrogens (tertiary/aromatic N) is 5. The number of rotatable bonds is 4. The number of likely N-dealkylation sites (tertiary alicyclic amines) is 1. The van der Waals surface area contributed by atoms with Gasteiger partial charge in [0.2, 0.25) is 0 Å². The molecule has 0 aromatic carbocycles. The number of fused-ring (bicyclic) bond motifs is 2. The second kappa shape index (κ2) is 8.05. The van der Waals surface area contributed by atoms with Crippen LogP contribution in [0.2, 0.25) is 0 Å². The highest BCUT2D eigenvalue weighted by Crippen LogP contribution is 2.40. The number of hydrogen-bond acceptors (Lipinski definition) is 6. The van der Waals surface area contributed by atoms with Gasteiger partial charge in [0.05, 0.1) is 29.6 Å². The van der Waals surface area contributed by atoms with Gasteiger partial charge in [0, 0.05) is 25.0 Å². The van der Waals surface area contributed by atoms with Gasteiger partial charge in [0.25, 0.3) is 5.91 Å². The zero-order chi connectivity index (χ0) is 23.2. The highest BCUT2D eigenvalue weighted by molar-refractivity contribution is 5.99. The Morgan fingerprint density at radius 1 is 1.03 bits per heavy atom. The summed E-state index contributed by atoms with van der Waals surface area (Å²) >= 11 is 0. The summed E-state index contributed by atoms with van der Waals surface area (Å²) in [4.78, 5) is 31.2. The van der Waals surface area contributed by atoms with Crippen LogP contribution in [0.4, 0.5) is 23.4 Å². The third kappa shape index (κ3) is 4.10. The minimum Gasteiger partial charge on any atom is -0.365 e. The van der Waals surface area contributed by atoms with Gasteiger partial charge >= 0.3 is 6.18 Å². The molecule has 2 aliphatic rings. The maximum atomic E-state index is 13.4. The van der Waals surface area contributed by atoms with E-state index in [1.807, 2.05) is 0 Å². The van der Waals surface area contributed by atoms with E-state index >= 15 is 0 Å². The Kier molecular flexibility index (Phi) is 5.18. The molecule has 4 heterocycles. The number of alkyl halides is 3. The lowest BCUT2D eigenvalue weighted by atomic mass is 10.0. The Morgan fingerprint density at radius 2 is 1.82 bits per heavy atom. The van der Waals surface area contributed by atoms with Gasteiger partial charge in [-0.2, -0.15) is 13.2 Å². The van der Waals surface area contributed by atoms with Crippen LogP contribution in [-0.4, -0.2) is 49.4 Å². The highest BCUT2D eigenvalue weighted by atomic mass is 19.4. The fourth-order valence-corrected chi connectivity index (χ4v) is 4.60. The lowest BCUT2D eigenvalue weighted by Crippen LogP contribution is -2.48. The molecule has 0 radical (unpaired) electrons. The Bertz CT molecular complexity index is 1170. The average Bonchev–Trinajstić information content (AvgIpc) is 3.40. The van der Waals surface area contributed by atoms with E-state index in [4.69, 9.17) is 0 Å². The van der Waals surface area contributed by atoms with Gasteiger partial charge in [-0.15, -0.1) is 0 Å². The lowest BCUT2D eigenvalue weighted by molar-refractivity contribution is -0.137. The van der Waals surface area contributed by atoms with Gasteiger partial charge in [-0.1, -0.05) is 0 Å². The van der Waals surface area contributed by atoms with Crippen LogP contribution in [0.1, 0.15) is 28.8 Å². The molecule has 1 aliphatic carbocycles. The van der Waals surface area contributed by atoms with E-state index < -0.39 is 17.6 Å². The highest BCUT2D eigenvalue weighted by Gasteiger charge is 2.47. The molecular formula is C22H18F4N6O. The van der Waals surface area contributed by atoms with Crippen molar-refractivity contribution in [1.82, 2.24) is 24.8 Å². The molecule has 1 saturated heterocycles. The quantitative estimate of drug-likeness (QED) is 0.599. The molecule has 33 heavy (non-hydrogen) atoms. The summed E-state index contributed by atoms with van der Waals surface area (Å²) < 4.78 is 51.6. The number of hydrogen-bond donors (Lipinski definition) is 1. The van der Waals surface area contributed by atoms with Crippen molar-refractivity contribution in [1.29, 1.82) is 0 Å². The van der Waals surface area contributed by atoms with Crippen LogP contribution in [-0.2, 0) is 6.18 Å². The molecule has 3 aromatic heterocycles. The average molecular weight is 458 g/mol. The van der Waals surface area contributed by atoms with Crippen LogP contribution in [0.25, 0.3) is 11.5 Å². The maximum absolute atomic E-state index is 13.4. The predicted molar refractivity (Wildman–Crippen MR) is 109 cm³/mol. The Hall–Kier alpha value is -3.63. The summed E-state index contributed by atoms with van der Waals surface area (Å²) in [6.45, 7) is 0.570. The molecule has 5 rings (SSSR count). The molecule has 0 unspecified atom stereocenters. The Balaban J connectivity index is 1.35. The van der Waals surface area contributed by atoms with E-state index in [-0.39, 0.29) is 35.4 Å². The SMILES string of the molecule is O=C(c1cccnc1-c1ncc(F)cn1)N1C[C@H]2C[C@@H](Nc3ccc(C(F)(F)F)cn3)[C@@H]1C2. The van der Waals surface area contributed by atoms with Crippen molar-refractivity contribution in [3.63, 3.8) is 0 Å². The number of anilines is 1. The van der Waals surface area contributed by atoms with Crippen molar-refractivity contribution in [3.05, 3.63) is 66.0 Å². The minimum absolute atomic E-state index is 0.140. The van der Waals surface area contributed by atoms with E-state index in [1.54, 1.807) is 17.0 Å². The predicted octanol–water partition coefficient (Wildman–Crippen LogP) is 3.81. The van der Waals surface area contributed by atoms with Crippen LogP contribution in [0.3, 0.4) is 0 Å². The Morgan fingerprint density at radius 3 is 2.48 bits per heavy atom. The fraction of sp³-hybridized carbons (Fsp3) is 0.318. The largest absolute Gasteiger partial charge is 0.417 e. The Labute approximate surface area is 185 Å². The third-order valence-corrected chi connectivity index (χ3v) is 6.04. The van der Waals surface area contributed by atoms with Gasteiger partial charge in [-0.3, -0.25) is 9.78 Å². The second-order valence-electron chi connectivity index (χ2n) is 8.17. The monoisotopic (exact) mass is 458 g/mol. The topological polar surface area (TPSA) is 83.9 Å². The van der Waals surface area contributed by atoms with Crippen LogP contribution < -0.4 is 5.32 Å². The zero-order valence-corrected chi connectivity index (χ0v) is 17.1. The molecule has 0 spiro atoms. The van der Waals surface area contributed by atoms with Crippen LogP contribution in [0.5, 0.6) is 0 Å². The van der Waals surface area contributed by atoms with Crippen molar-refractivity contribution < 1.29 is 22.4 Å². The van der Waals surface area contributed by atoms with E-state index in [0.29, 0.717) is 17.9 Å². The van der Waals surface area contributed by atoms with Gasteiger partial charge in [0.15, 0.2) is 11.6 Å². The molecular weight excluding hydrogens is 440 g/mol. The van der Waals surface area contributed by atoms with Gasteiger partial charge in [-0.25, -0.2) is 19.3 Å². The molecule has 7 nitrogen and oxygen atoms in total. The summed E-state index contributed by atoms with van der Waals surface area (Å²) in [5.74, 6) is -0.0910. The summed E-state index contributed by atoms with van der Waals surface area (Å²) in [6.07, 6.45) is 1.46. The molecule has 170 valence electrons. The molecule has 1 aliphatic heterocycles. The fourth-order valence-electron chi connectivity index (χ4n) is 4.60. The number of carbonyl (C=O) groups excluding carboxylic acids is 1. The van der Waals surface area contributed by atoms with Crippen molar-refractivity contribution >= 4 is 11.7 Å². The van der Waals surface area contributed by atoms with Crippen molar-refractivity contribution in [2.45, 2.75) is 31.1 Å². The number of amides is 1. The first-order chi connectivity index (χ1) is 15.8. The normalized spacial score (nSPS) is 21.9. The van der Waals surface area contributed by atoms with E-state index in [1.165, 1.54) is 12.3 Å². The summed E-state index contributed by atoms with van der Waals surface area (Å²) in [6, 6.07) is 5.26. The number of aromatic nitrogens is 4. The number of carbonyl (C=O) groups is 1. The van der Waals surface area contributed by atoms with Crippen LogP contribution >= 0.6 is 0 Å². The molecule has 2 fully saturated rings. The smallest absolute Gasteiger partial charge is 0.365 e. The van der Waals surface area contributed by atoms with Gasteiger partial charge < -0.3 is 10.2 Å². The summed E-state index contributed by atoms with van der Waals surface area (Å²) in [7, 11) is 0. The van der Waals surface area contributed by atoms with Gasteiger partial charge in [-0.05, 0) is 43.0 Å². The number of halogens is 4. The first-order valence-electron chi connectivity index (χ1n) is 10.3. The van der Waals surface area contributed by atoms with Crippen LogP contribution in [0, 0.1) is 11.7 Å². The molecule has 1 amide bonds. The second-order valence-corrected chi connectivity index (χ2v) is 8.17. The maximum Gasteiger partial charge on any atom is 0.417 e. The number of nitrogens with one attached hydrogen (secondary N) is 1. The van der Waals surface area contributed by atoms with Gasteiger partial charge in [0.1, 0.15) is 11.5 Å². The standard InChI is InChI=1S/C22H18F4N6O/c23-14-9-29-20(30-10-14)19-15(2-1-5-27-19)21(33)32-11-12-6-16(17(32)7-12)31-18-4-3-13(8-28-18)22(24,25)26/h1-5,8-10,12,16-17H,6-7,11H2,(H,28,31)/t12-,16+,17-/m0/s1.